The first-order chi connectivity index (χ1) is 18.3. The molecule has 1 aliphatic heterocycles. The lowest BCUT2D eigenvalue weighted by Crippen LogP contribution is -2.63. The summed E-state index contributed by atoms with van der Waals surface area (Å²) in [5, 5.41) is 23.1. The quantitative estimate of drug-likeness (QED) is 0.301. The number of rotatable bonds is 3. The molecule has 1 saturated heterocycles. The molecule has 0 radical (unpaired) electrons. The number of aliphatic hydroxyl groups excluding tert-OH is 1. The first kappa shape index (κ1) is 28.3. The zero-order valence-electron chi connectivity index (χ0n) is 23.4. The van der Waals surface area contributed by atoms with E-state index in [4.69, 9.17) is 21.1 Å². The fourth-order valence-corrected chi connectivity index (χ4v) is 8.66. The van der Waals surface area contributed by atoms with E-state index in [0.29, 0.717) is 12.0 Å². The number of fused-ring (bicyclic) bond motifs is 3. The molecule has 0 bridgehead atoms. The number of aromatic nitrogens is 1. The van der Waals surface area contributed by atoms with Crippen molar-refractivity contribution in [3.05, 3.63) is 52.8 Å². The Morgan fingerprint density at radius 2 is 2.00 bits per heavy atom. The third-order valence-corrected chi connectivity index (χ3v) is 10.8. The van der Waals surface area contributed by atoms with Crippen LogP contribution in [0.5, 0.6) is 0 Å². The SMILES string of the molecule is C=C1C2CC3C(C(C)C)C(OC(=O)c4cccnc4Cl)CC3(C)CC2/C(C)=C\CC2C(C)OC(=O)C(O)C12O. The van der Waals surface area contributed by atoms with Crippen molar-refractivity contribution in [3.63, 3.8) is 0 Å². The minimum atomic E-state index is -1.77. The van der Waals surface area contributed by atoms with E-state index in [1.165, 1.54) is 5.57 Å². The topological polar surface area (TPSA) is 106 Å². The predicted octanol–water partition coefficient (Wildman–Crippen LogP) is 5.14. The summed E-state index contributed by atoms with van der Waals surface area (Å²) < 4.78 is 11.6. The molecule has 1 aromatic heterocycles. The van der Waals surface area contributed by atoms with E-state index in [2.05, 4.69) is 45.3 Å². The van der Waals surface area contributed by atoms with Gasteiger partial charge in [0.05, 0.1) is 5.56 Å². The van der Waals surface area contributed by atoms with Crippen LogP contribution in [0.3, 0.4) is 0 Å². The third-order valence-electron chi connectivity index (χ3n) is 10.5. The summed E-state index contributed by atoms with van der Waals surface area (Å²) in [6.07, 6.45) is 3.94. The number of hydrogen-bond acceptors (Lipinski definition) is 7. The van der Waals surface area contributed by atoms with Gasteiger partial charge in [0, 0.05) is 18.0 Å². The molecular formula is C31H40ClNO6. The number of carbonyl (C=O) groups excluding carboxylic acids is 2. The molecule has 0 spiro atoms. The van der Waals surface area contributed by atoms with E-state index in [0.717, 1.165) is 19.3 Å². The molecule has 2 saturated carbocycles. The van der Waals surface area contributed by atoms with Crippen LogP contribution in [0, 0.1) is 40.9 Å². The highest BCUT2D eigenvalue weighted by Gasteiger charge is 2.62. The molecule has 7 nitrogen and oxygen atoms in total. The maximum absolute atomic E-state index is 13.2. The van der Waals surface area contributed by atoms with Crippen LogP contribution in [0.15, 0.2) is 42.1 Å². The maximum atomic E-state index is 13.2. The van der Waals surface area contributed by atoms with E-state index in [1.807, 2.05) is 0 Å². The molecular weight excluding hydrogens is 518 g/mol. The lowest BCUT2D eigenvalue weighted by atomic mass is 9.53. The van der Waals surface area contributed by atoms with E-state index >= 15 is 0 Å². The molecule has 10 unspecified atom stereocenters. The van der Waals surface area contributed by atoms with Crippen molar-refractivity contribution in [2.75, 3.05) is 0 Å². The number of allylic oxidation sites excluding steroid dienone is 2. The molecule has 4 aliphatic rings. The highest BCUT2D eigenvalue weighted by Crippen LogP contribution is 2.63. The Labute approximate surface area is 235 Å². The lowest BCUT2D eigenvalue weighted by molar-refractivity contribution is -0.209. The summed E-state index contributed by atoms with van der Waals surface area (Å²) in [6, 6.07) is 3.30. The summed E-state index contributed by atoms with van der Waals surface area (Å²) in [5.41, 5.74) is 0.139. The number of cyclic esters (lactones) is 1. The van der Waals surface area contributed by atoms with Gasteiger partial charge in [-0.25, -0.2) is 14.6 Å². The van der Waals surface area contributed by atoms with Crippen molar-refractivity contribution in [1.29, 1.82) is 0 Å². The van der Waals surface area contributed by atoms with Crippen molar-refractivity contribution < 1.29 is 29.3 Å². The Balaban J connectivity index is 1.50. The summed E-state index contributed by atoms with van der Waals surface area (Å²) >= 11 is 6.19. The third kappa shape index (κ3) is 4.45. The lowest BCUT2D eigenvalue weighted by Gasteiger charge is -2.54. The number of carbonyl (C=O) groups is 2. The van der Waals surface area contributed by atoms with Gasteiger partial charge in [-0.05, 0) is 86.3 Å². The monoisotopic (exact) mass is 557 g/mol. The molecule has 10 atom stereocenters. The van der Waals surface area contributed by atoms with Gasteiger partial charge in [0.1, 0.15) is 23.0 Å². The molecule has 39 heavy (non-hydrogen) atoms. The van der Waals surface area contributed by atoms with Gasteiger partial charge in [-0.15, -0.1) is 0 Å². The molecule has 2 heterocycles. The van der Waals surface area contributed by atoms with Crippen molar-refractivity contribution in [2.24, 2.45) is 40.9 Å². The second kappa shape index (κ2) is 10.0. The van der Waals surface area contributed by atoms with Gasteiger partial charge in [-0.3, -0.25) is 0 Å². The minimum absolute atomic E-state index is 0.0866. The first-order valence-electron chi connectivity index (χ1n) is 14.1. The van der Waals surface area contributed by atoms with E-state index in [1.54, 1.807) is 25.3 Å². The molecule has 3 fully saturated rings. The van der Waals surface area contributed by atoms with Crippen molar-refractivity contribution >= 4 is 23.5 Å². The number of halogens is 1. The molecule has 0 amide bonds. The summed E-state index contributed by atoms with van der Waals surface area (Å²) in [6.45, 7) is 14.9. The van der Waals surface area contributed by atoms with Crippen LogP contribution in [-0.2, 0) is 14.3 Å². The molecule has 8 heteroatoms. The van der Waals surface area contributed by atoms with Crippen molar-refractivity contribution in [1.82, 2.24) is 4.98 Å². The fraction of sp³-hybridized carbons (Fsp3) is 0.645. The highest BCUT2D eigenvalue weighted by molar-refractivity contribution is 6.32. The highest BCUT2D eigenvalue weighted by atomic mass is 35.5. The van der Waals surface area contributed by atoms with Crippen LogP contribution in [0.4, 0.5) is 0 Å². The Morgan fingerprint density at radius 3 is 2.67 bits per heavy atom. The number of ether oxygens (including phenoxy) is 2. The normalized spacial score (nSPS) is 43.3. The van der Waals surface area contributed by atoms with Crippen LogP contribution in [0.1, 0.15) is 70.7 Å². The molecule has 1 aromatic rings. The van der Waals surface area contributed by atoms with Gasteiger partial charge in [0.15, 0.2) is 6.10 Å². The fourth-order valence-electron chi connectivity index (χ4n) is 8.46. The van der Waals surface area contributed by atoms with Crippen molar-refractivity contribution in [3.8, 4) is 0 Å². The molecule has 2 N–H and O–H groups in total. The van der Waals surface area contributed by atoms with Crippen LogP contribution in [-0.4, -0.2) is 51.0 Å². The maximum Gasteiger partial charge on any atom is 0.341 e. The standard InChI is InChI=1S/C31H40ClNO6/c1-15(2)25-23-12-20-17(4)31(37)22(18(5)38-29(36)26(31)34)10-9-16(3)21(20)13-30(23,6)14-24(25)39-28(35)19-8-7-11-33-27(19)32/h7-9,11,15,18,20-26,34,37H,4,10,12-14H2,1-3,5-6H3/b16-9-. The average molecular weight is 558 g/mol. The van der Waals surface area contributed by atoms with Gasteiger partial charge in [0.2, 0.25) is 0 Å². The largest absolute Gasteiger partial charge is 0.460 e. The van der Waals surface area contributed by atoms with Crippen molar-refractivity contribution in [2.45, 2.75) is 84.2 Å². The molecule has 3 aliphatic carbocycles. The Kier molecular flexibility index (Phi) is 7.26. The molecule has 212 valence electrons. The number of pyridine rings is 1. The Morgan fingerprint density at radius 1 is 1.28 bits per heavy atom. The van der Waals surface area contributed by atoms with Crippen LogP contribution in [0.2, 0.25) is 5.15 Å². The summed E-state index contributed by atoms with van der Waals surface area (Å²) in [5.74, 6) is -1.28. The van der Waals surface area contributed by atoms with Crippen LogP contribution < -0.4 is 0 Å². The second-order valence-electron chi connectivity index (χ2n) is 12.9. The molecule has 5 rings (SSSR count). The van der Waals surface area contributed by atoms with E-state index in [9.17, 15) is 19.8 Å². The Hall–Kier alpha value is -2.22. The Bertz CT molecular complexity index is 1210. The predicted molar refractivity (Wildman–Crippen MR) is 147 cm³/mol. The number of esters is 2. The second-order valence-corrected chi connectivity index (χ2v) is 13.3. The van der Waals surface area contributed by atoms with Gasteiger partial charge >= 0.3 is 11.9 Å². The first-order valence-corrected chi connectivity index (χ1v) is 14.5. The number of hydrogen-bond donors (Lipinski definition) is 2. The van der Waals surface area contributed by atoms with Gasteiger partial charge in [-0.1, -0.05) is 50.6 Å². The number of aliphatic hydroxyl groups is 2. The minimum Gasteiger partial charge on any atom is -0.460 e. The molecule has 0 aromatic carbocycles. The smallest absolute Gasteiger partial charge is 0.341 e. The zero-order valence-corrected chi connectivity index (χ0v) is 24.1. The van der Waals surface area contributed by atoms with Crippen LogP contribution >= 0.6 is 11.6 Å². The van der Waals surface area contributed by atoms with Crippen LogP contribution in [0.25, 0.3) is 0 Å². The van der Waals surface area contributed by atoms with E-state index < -0.39 is 35.7 Å². The van der Waals surface area contributed by atoms with Gasteiger partial charge in [-0.2, -0.15) is 0 Å². The van der Waals surface area contributed by atoms with Gasteiger partial charge in [0.25, 0.3) is 0 Å². The zero-order chi connectivity index (χ0) is 28.4. The average Bonchev–Trinajstić information content (AvgIpc) is 3.16. The summed E-state index contributed by atoms with van der Waals surface area (Å²) in [4.78, 5) is 29.7. The van der Waals surface area contributed by atoms with Gasteiger partial charge < -0.3 is 19.7 Å². The van der Waals surface area contributed by atoms with E-state index in [-0.39, 0.29) is 51.8 Å². The number of nitrogens with zero attached hydrogens (tertiary/aromatic N) is 1. The summed E-state index contributed by atoms with van der Waals surface area (Å²) in [7, 11) is 0.